The first-order chi connectivity index (χ1) is 8.45. The first-order valence-electron chi connectivity index (χ1n) is 5.90. The lowest BCUT2D eigenvalue weighted by molar-refractivity contribution is 0.0905. The van der Waals surface area contributed by atoms with Crippen molar-refractivity contribution in [3.8, 4) is 0 Å². The number of carbonyl (C=O) groups is 1. The Balaban J connectivity index is 2.75. The summed E-state index contributed by atoms with van der Waals surface area (Å²) in [6, 6.07) is 2.93. The number of carbonyl (C=O) groups excluding carboxylic acids is 1. The van der Waals surface area contributed by atoms with Gasteiger partial charge in [0.05, 0.1) is 6.54 Å². The van der Waals surface area contributed by atoms with Gasteiger partial charge in [-0.3, -0.25) is 4.79 Å². The van der Waals surface area contributed by atoms with Gasteiger partial charge in [0.15, 0.2) is 0 Å². The predicted octanol–water partition coefficient (Wildman–Crippen LogP) is 1.47. The minimum absolute atomic E-state index is 0.160. The average Bonchev–Trinajstić information content (AvgIpc) is 2.72. The fourth-order valence-corrected chi connectivity index (χ4v) is 1.67. The van der Waals surface area contributed by atoms with Crippen molar-refractivity contribution in [2.75, 3.05) is 6.54 Å². The molecule has 0 spiro atoms. The van der Waals surface area contributed by atoms with E-state index in [-0.39, 0.29) is 23.6 Å². The number of alkyl halides is 2. The minimum atomic E-state index is -2.49. The predicted molar refractivity (Wildman–Crippen MR) is 65.6 cm³/mol. The first kappa shape index (κ1) is 14.6. The Labute approximate surface area is 105 Å². The lowest BCUT2D eigenvalue weighted by Crippen LogP contribution is -2.44. The van der Waals surface area contributed by atoms with Crippen LogP contribution in [0.15, 0.2) is 18.3 Å². The van der Waals surface area contributed by atoms with E-state index < -0.39 is 13.0 Å². The van der Waals surface area contributed by atoms with Crippen LogP contribution in [0.5, 0.6) is 0 Å². The summed E-state index contributed by atoms with van der Waals surface area (Å²) in [5.74, 6) is -0.178. The largest absolute Gasteiger partial charge is 0.347 e. The molecule has 1 aromatic heterocycles. The van der Waals surface area contributed by atoms with E-state index in [9.17, 15) is 13.6 Å². The van der Waals surface area contributed by atoms with Crippen molar-refractivity contribution in [3.05, 3.63) is 24.0 Å². The number of rotatable bonds is 6. The second-order valence-electron chi connectivity index (χ2n) is 4.50. The lowest BCUT2D eigenvalue weighted by atomic mass is 10.0. The van der Waals surface area contributed by atoms with Gasteiger partial charge in [-0.2, -0.15) is 0 Å². The molecule has 0 aromatic carbocycles. The van der Waals surface area contributed by atoms with E-state index in [0.717, 1.165) is 0 Å². The monoisotopic (exact) mass is 259 g/mol. The van der Waals surface area contributed by atoms with Crippen molar-refractivity contribution in [3.63, 3.8) is 0 Å². The first-order valence-corrected chi connectivity index (χ1v) is 5.90. The molecule has 0 saturated heterocycles. The molecule has 4 nitrogen and oxygen atoms in total. The van der Waals surface area contributed by atoms with E-state index >= 15 is 0 Å². The number of nitrogens with zero attached hydrogens (tertiary/aromatic N) is 1. The van der Waals surface area contributed by atoms with Crippen molar-refractivity contribution >= 4 is 5.91 Å². The summed E-state index contributed by atoms with van der Waals surface area (Å²) in [7, 11) is 0. The van der Waals surface area contributed by atoms with Gasteiger partial charge in [0.1, 0.15) is 5.69 Å². The molecule has 102 valence electrons. The molecule has 1 aromatic rings. The molecule has 0 fully saturated rings. The molecule has 0 bridgehead atoms. The van der Waals surface area contributed by atoms with Crippen LogP contribution in [0.3, 0.4) is 0 Å². The van der Waals surface area contributed by atoms with Crippen LogP contribution < -0.4 is 11.1 Å². The van der Waals surface area contributed by atoms with Crippen LogP contribution >= 0.6 is 0 Å². The van der Waals surface area contributed by atoms with Gasteiger partial charge in [-0.15, -0.1) is 0 Å². The summed E-state index contributed by atoms with van der Waals surface area (Å²) < 4.78 is 25.9. The Kier molecular flexibility index (Phi) is 5.27. The van der Waals surface area contributed by atoms with Crippen LogP contribution in [0, 0.1) is 5.92 Å². The summed E-state index contributed by atoms with van der Waals surface area (Å²) in [6.45, 7) is 3.72. The maximum atomic E-state index is 12.3. The van der Waals surface area contributed by atoms with Crippen LogP contribution in [-0.2, 0) is 6.54 Å². The van der Waals surface area contributed by atoms with Crippen molar-refractivity contribution in [2.45, 2.75) is 32.9 Å². The van der Waals surface area contributed by atoms with Crippen LogP contribution in [-0.4, -0.2) is 29.5 Å². The van der Waals surface area contributed by atoms with Crippen molar-refractivity contribution in [2.24, 2.45) is 11.7 Å². The maximum Gasteiger partial charge on any atom is 0.268 e. The second-order valence-corrected chi connectivity index (χ2v) is 4.50. The van der Waals surface area contributed by atoms with Gasteiger partial charge in [0, 0.05) is 18.8 Å². The summed E-state index contributed by atoms with van der Waals surface area (Å²) in [4.78, 5) is 11.9. The Morgan fingerprint density at radius 2 is 2.17 bits per heavy atom. The van der Waals surface area contributed by atoms with Crippen molar-refractivity contribution in [1.29, 1.82) is 0 Å². The number of nitrogens with one attached hydrogen (secondary N) is 1. The molecular formula is C12H19F2N3O. The lowest BCUT2D eigenvalue weighted by Gasteiger charge is -2.21. The molecule has 1 atom stereocenters. The number of hydrogen-bond donors (Lipinski definition) is 2. The zero-order valence-electron chi connectivity index (χ0n) is 10.6. The SMILES string of the molecule is CC(C)C(CN)NC(=O)c1cccn1CC(F)F. The quantitative estimate of drug-likeness (QED) is 0.812. The molecule has 0 aliphatic carbocycles. The molecule has 0 radical (unpaired) electrons. The molecule has 1 rings (SSSR count). The van der Waals surface area contributed by atoms with E-state index in [0.29, 0.717) is 6.54 Å². The Morgan fingerprint density at radius 3 is 2.67 bits per heavy atom. The van der Waals surface area contributed by atoms with Crippen LogP contribution in [0.2, 0.25) is 0 Å². The summed E-state index contributed by atoms with van der Waals surface area (Å²) in [5.41, 5.74) is 5.78. The zero-order valence-corrected chi connectivity index (χ0v) is 10.6. The highest BCUT2D eigenvalue weighted by Gasteiger charge is 2.18. The molecule has 0 aliphatic rings. The Morgan fingerprint density at radius 1 is 1.50 bits per heavy atom. The minimum Gasteiger partial charge on any atom is -0.347 e. The summed E-state index contributed by atoms with van der Waals surface area (Å²) >= 11 is 0. The Bertz CT molecular complexity index is 390. The van der Waals surface area contributed by atoms with Gasteiger partial charge in [-0.05, 0) is 18.1 Å². The van der Waals surface area contributed by atoms with Crippen LogP contribution in [0.4, 0.5) is 8.78 Å². The van der Waals surface area contributed by atoms with E-state index in [1.807, 2.05) is 13.8 Å². The number of aromatic nitrogens is 1. The third-order valence-corrected chi connectivity index (χ3v) is 2.77. The Hall–Kier alpha value is -1.43. The fraction of sp³-hybridized carbons (Fsp3) is 0.583. The van der Waals surface area contributed by atoms with Gasteiger partial charge in [-0.1, -0.05) is 13.8 Å². The van der Waals surface area contributed by atoms with E-state index in [1.165, 1.54) is 16.8 Å². The van der Waals surface area contributed by atoms with E-state index in [4.69, 9.17) is 5.73 Å². The standard InChI is InChI=1S/C12H19F2N3O/c1-8(2)9(6-15)16-12(18)10-4-3-5-17(10)7-11(13)14/h3-5,8-9,11H,6-7,15H2,1-2H3,(H,16,18). The van der Waals surface area contributed by atoms with E-state index in [2.05, 4.69) is 5.32 Å². The van der Waals surface area contributed by atoms with Gasteiger partial charge < -0.3 is 15.6 Å². The summed E-state index contributed by atoms with van der Waals surface area (Å²) in [6.07, 6.45) is -1.02. The second kappa shape index (κ2) is 6.49. The molecule has 1 heterocycles. The number of halogens is 2. The average molecular weight is 259 g/mol. The zero-order chi connectivity index (χ0) is 13.7. The molecule has 0 saturated carbocycles. The van der Waals surface area contributed by atoms with Crippen molar-refractivity contribution in [1.82, 2.24) is 9.88 Å². The fourth-order valence-electron chi connectivity index (χ4n) is 1.67. The molecule has 0 aliphatic heterocycles. The topological polar surface area (TPSA) is 60.0 Å². The van der Waals surface area contributed by atoms with Gasteiger partial charge in [-0.25, -0.2) is 8.78 Å². The highest BCUT2D eigenvalue weighted by Crippen LogP contribution is 2.08. The maximum absolute atomic E-state index is 12.3. The van der Waals surface area contributed by atoms with E-state index in [1.54, 1.807) is 6.07 Å². The summed E-state index contributed by atoms with van der Waals surface area (Å²) in [5, 5.41) is 2.75. The molecule has 1 amide bonds. The van der Waals surface area contributed by atoms with Gasteiger partial charge in [0.2, 0.25) is 0 Å². The molecule has 3 N–H and O–H groups in total. The third-order valence-electron chi connectivity index (χ3n) is 2.77. The normalized spacial score (nSPS) is 13.1. The van der Waals surface area contributed by atoms with Gasteiger partial charge in [0.25, 0.3) is 12.3 Å². The van der Waals surface area contributed by atoms with Gasteiger partial charge >= 0.3 is 0 Å². The molecule has 1 unspecified atom stereocenters. The number of hydrogen-bond acceptors (Lipinski definition) is 2. The van der Waals surface area contributed by atoms with Crippen LogP contribution in [0.1, 0.15) is 24.3 Å². The number of nitrogens with two attached hydrogens (primary N) is 1. The smallest absolute Gasteiger partial charge is 0.268 e. The highest BCUT2D eigenvalue weighted by molar-refractivity contribution is 5.93. The molecule has 18 heavy (non-hydrogen) atoms. The van der Waals surface area contributed by atoms with Crippen molar-refractivity contribution < 1.29 is 13.6 Å². The third kappa shape index (κ3) is 3.80. The molecule has 6 heteroatoms. The van der Waals surface area contributed by atoms with Crippen LogP contribution in [0.25, 0.3) is 0 Å². The number of amides is 1. The molecular weight excluding hydrogens is 240 g/mol. The highest BCUT2D eigenvalue weighted by atomic mass is 19.3.